The van der Waals surface area contributed by atoms with Gasteiger partial charge in [0.1, 0.15) is 5.92 Å². The Morgan fingerprint density at radius 2 is 2.14 bits per heavy atom. The standard InChI is InChI=1S/C10H9NO3/c12-9-7-4-2-1-3-6(7)5-8(9)10(13)11-14/h1-4,8,14H,5H2,(H,11,13). The molecule has 14 heavy (non-hydrogen) atoms. The van der Waals surface area contributed by atoms with Crippen molar-refractivity contribution in [2.75, 3.05) is 0 Å². The van der Waals surface area contributed by atoms with Crippen molar-refractivity contribution < 1.29 is 14.8 Å². The van der Waals surface area contributed by atoms with E-state index in [0.29, 0.717) is 12.0 Å². The average molecular weight is 191 g/mol. The average Bonchev–Trinajstić information content (AvgIpc) is 2.56. The molecule has 4 heteroatoms. The van der Waals surface area contributed by atoms with E-state index in [1.54, 1.807) is 12.1 Å². The smallest absolute Gasteiger partial charge is 0.254 e. The van der Waals surface area contributed by atoms with Crippen LogP contribution in [0.4, 0.5) is 0 Å². The highest BCUT2D eigenvalue weighted by molar-refractivity contribution is 6.13. The molecule has 0 aromatic heterocycles. The van der Waals surface area contributed by atoms with Crippen LogP contribution in [0, 0.1) is 5.92 Å². The van der Waals surface area contributed by atoms with Gasteiger partial charge in [0.05, 0.1) is 0 Å². The van der Waals surface area contributed by atoms with Gasteiger partial charge in [0.2, 0.25) is 0 Å². The third kappa shape index (κ3) is 1.20. The maximum atomic E-state index is 11.6. The monoisotopic (exact) mass is 191 g/mol. The minimum Gasteiger partial charge on any atom is -0.293 e. The van der Waals surface area contributed by atoms with Crippen molar-refractivity contribution in [1.29, 1.82) is 0 Å². The van der Waals surface area contributed by atoms with Crippen LogP contribution >= 0.6 is 0 Å². The molecule has 0 saturated carbocycles. The fraction of sp³-hybridized carbons (Fsp3) is 0.200. The van der Waals surface area contributed by atoms with Gasteiger partial charge in [0, 0.05) is 5.56 Å². The number of benzene rings is 1. The molecule has 0 spiro atoms. The highest BCUT2D eigenvalue weighted by Crippen LogP contribution is 2.26. The SMILES string of the molecule is O=C(NO)C1Cc2ccccc2C1=O. The predicted molar refractivity (Wildman–Crippen MR) is 47.9 cm³/mol. The largest absolute Gasteiger partial charge is 0.293 e. The Hall–Kier alpha value is -1.68. The summed E-state index contributed by atoms with van der Waals surface area (Å²) in [6, 6.07) is 7.10. The van der Waals surface area contributed by atoms with E-state index in [1.807, 2.05) is 12.1 Å². The van der Waals surface area contributed by atoms with Crippen molar-refractivity contribution in [3.05, 3.63) is 35.4 Å². The number of rotatable bonds is 1. The quantitative estimate of drug-likeness (QED) is 0.387. The van der Waals surface area contributed by atoms with Gasteiger partial charge in [0.15, 0.2) is 5.78 Å². The third-order valence-corrected chi connectivity index (χ3v) is 2.45. The molecule has 1 atom stereocenters. The first kappa shape index (κ1) is 8.90. The molecule has 72 valence electrons. The van der Waals surface area contributed by atoms with Crippen molar-refractivity contribution in [3.63, 3.8) is 0 Å². The second-order valence-electron chi connectivity index (χ2n) is 3.25. The lowest BCUT2D eigenvalue weighted by atomic mass is 10.1. The first-order valence-electron chi connectivity index (χ1n) is 4.30. The number of carbonyl (C=O) groups is 2. The number of hydrogen-bond acceptors (Lipinski definition) is 3. The molecule has 2 N–H and O–H groups in total. The molecule has 1 aromatic carbocycles. The maximum Gasteiger partial charge on any atom is 0.254 e. The molecule has 1 aliphatic rings. The zero-order valence-electron chi connectivity index (χ0n) is 7.36. The number of nitrogens with one attached hydrogen (secondary N) is 1. The second-order valence-corrected chi connectivity index (χ2v) is 3.25. The second kappa shape index (κ2) is 3.23. The van der Waals surface area contributed by atoms with Gasteiger partial charge in [-0.15, -0.1) is 0 Å². The van der Waals surface area contributed by atoms with Crippen LogP contribution in [0.25, 0.3) is 0 Å². The van der Waals surface area contributed by atoms with E-state index in [4.69, 9.17) is 5.21 Å². The first-order chi connectivity index (χ1) is 6.74. The van der Waals surface area contributed by atoms with Crippen molar-refractivity contribution in [3.8, 4) is 0 Å². The molecule has 2 rings (SSSR count). The predicted octanol–water partition coefficient (Wildman–Crippen LogP) is 0.547. The first-order valence-corrected chi connectivity index (χ1v) is 4.30. The van der Waals surface area contributed by atoms with Gasteiger partial charge in [0.25, 0.3) is 5.91 Å². The number of Topliss-reactive ketones (excluding diaryl/α,β-unsaturated/α-hetero) is 1. The van der Waals surface area contributed by atoms with Gasteiger partial charge in [-0.1, -0.05) is 24.3 Å². The lowest BCUT2D eigenvalue weighted by molar-refractivity contribution is -0.131. The number of carbonyl (C=O) groups excluding carboxylic acids is 2. The molecule has 1 aliphatic carbocycles. The van der Waals surface area contributed by atoms with Crippen molar-refractivity contribution in [1.82, 2.24) is 5.48 Å². The Balaban J connectivity index is 2.35. The van der Waals surface area contributed by atoms with Crippen LogP contribution in [0.15, 0.2) is 24.3 Å². The van der Waals surface area contributed by atoms with E-state index in [1.165, 1.54) is 5.48 Å². The number of amides is 1. The lowest BCUT2D eigenvalue weighted by Crippen LogP contribution is -2.31. The van der Waals surface area contributed by atoms with Gasteiger partial charge in [-0.25, -0.2) is 5.48 Å². The molecular formula is C10H9NO3. The van der Waals surface area contributed by atoms with Crippen molar-refractivity contribution >= 4 is 11.7 Å². The van der Waals surface area contributed by atoms with Crippen LogP contribution in [0.2, 0.25) is 0 Å². The summed E-state index contributed by atoms with van der Waals surface area (Å²) in [5, 5.41) is 8.44. The van der Waals surface area contributed by atoms with E-state index in [9.17, 15) is 9.59 Å². The molecular weight excluding hydrogens is 182 g/mol. The van der Waals surface area contributed by atoms with Gasteiger partial charge in [-0.3, -0.25) is 14.8 Å². The van der Waals surface area contributed by atoms with E-state index in [0.717, 1.165) is 5.56 Å². The number of fused-ring (bicyclic) bond motifs is 1. The summed E-state index contributed by atoms with van der Waals surface area (Å²) in [5.74, 6) is -1.62. The zero-order chi connectivity index (χ0) is 10.1. The summed E-state index contributed by atoms with van der Waals surface area (Å²) in [7, 11) is 0. The van der Waals surface area contributed by atoms with Crippen LogP contribution in [0.3, 0.4) is 0 Å². The van der Waals surface area contributed by atoms with Gasteiger partial charge < -0.3 is 0 Å². The normalized spacial score (nSPS) is 19.2. The zero-order valence-corrected chi connectivity index (χ0v) is 7.36. The summed E-state index contributed by atoms with van der Waals surface area (Å²) in [6.45, 7) is 0. The Morgan fingerprint density at radius 1 is 1.43 bits per heavy atom. The maximum absolute atomic E-state index is 11.6. The van der Waals surface area contributed by atoms with Crippen LogP contribution in [-0.4, -0.2) is 16.9 Å². The molecule has 0 radical (unpaired) electrons. The number of ketones is 1. The fourth-order valence-corrected chi connectivity index (χ4v) is 1.73. The number of hydroxylamine groups is 1. The Labute approximate surface area is 80.5 Å². The molecule has 0 fully saturated rings. The highest BCUT2D eigenvalue weighted by atomic mass is 16.5. The van der Waals surface area contributed by atoms with E-state index in [2.05, 4.69) is 0 Å². The Kier molecular flexibility index (Phi) is 2.05. The summed E-state index contributed by atoms with van der Waals surface area (Å²) >= 11 is 0. The molecule has 0 aliphatic heterocycles. The number of hydrogen-bond donors (Lipinski definition) is 2. The minimum atomic E-state index is -0.766. The Morgan fingerprint density at radius 3 is 2.79 bits per heavy atom. The van der Waals surface area contributed by atoms with Crippen LogP contribution in [0.5, 0.6) is 0 Å². The lowest BCUT2D eigenvalue weighted by Gasteiger charge is -2.03. The Bertz CT molecular complexity index is 400. The molecule has 1 aromatic rings. The molecule has 4 nitrogen and oxygen atoms in total. The van der Waals surface area contributed by atoms with E-state index in [-0.39, 0.29) is 5.78 Å². The van der Waals surface area contributed by atoms with Crippen LogP contribution in [-0.2, 0) is 11.2 Å². The van der Waals surface area contributed by atoms with Gasteiger partial charge >= 0.3 is 0 Å². The van der Waals surface area contributed by atoms with Crippen molar-refractivity contribution in [2.45, 2.75) is 6.42 Å². The summed E-state index contributed by atoms with van der Waals surface area (Å²) in [5.41, 5.74) is 2.96. The van der Waals surface area contributed by atoms with Crippen LogP contribution < -0.4 is 5.48 Å². The minimum absolute atomic E-state index is 0.216. The van der Waals surface area contributed by atoms with Crippen LogP contribution in [0.1, 0.15) is 15.9 Å². The topological polar surface area (TPSA) is 66.4 Å². The molecule has 0 saturated heterocycles. The summed E-state index contributed by atoms with van der Waals surface area (Å²) < 4.78 is 0. The third-order valence-electron chi connectivity index (χ3n) is 2.45. The summed E-state index contributed by atoms with van der Waals surface area (Å²) in [6.07, 6.45) is 0.376. The van der Waals surface area contributed by atoms with Gasteiger partial charge in [-0.05, 0) is 12.0 Å². The molecule has 0 heterocycles. The highest BCUT2D eigenvalue weighted by Gasteiger charge is 2.35. The molecule has 0 bridgehead atoms. The van der Waals surface area contributed by atoms with E-state index < -0.39 is 11.8 Å². The van der Waals surface area contributed by atoms with Crippen molar-refractivity contribution in [2.24, 2.45) is 5.92 Å². The summed E-state index contributed by atoms with van der Waals surface area (Å²) in [4.78, 5) is 22.7. The fourth-order valence-electron chi connectivity index (χ4n) is 1.73. The van der Waals surface area contributed by atoms with E-state index >= 15 is 0 Å². The van der Waals surface area contributed by atoms with Gasteiger partial charge in [-0.2, -0.15) is 0 Å². The molecule has 1 unspecified atom stereocenters. The molecule has 1 amide bonds.